The van der Waals surface area contributed by atoms with Gasteiger partial charge in [0.05, 0.1) is 17.1 Å². The molecular weight excluding hydrogens is 304 g/mol. The molecule has 2 N–H and O–H groups in total. The summed E-state index contributed by atoms with van der Waals surface area (Å²) in [6.45, 7) is 2.42. The van der Waals surface area contributed by atoms with Crippen LogP contribution in [0.15, 0.2) is 34.7 Å². The standard InChI is InChI=1S/C16H19ClN2O3/c1-19(2)8-7-18-10-12-4-6-15(22-12)13-9-11(16(20)21)3-5-14(13)17/h3-6,9,18H,7-8,10H2,1-2H3,(H,20,21). The summed E-state index contributed by atoms with van der Waals surface area (Å²) in [7, 11) is 4.04. The van der Waals surface area contributed by atoms with Crippen molar-refractivity contribution in [2.45, 2.75) is 6.54 Å². The van der Waals surface area contributed by atoms with Crippen LogP contribution in [0.1, 0.15) is 16.1 Å². The van der Waals surface area contributed by atoms with Crippen molar-refractivity contribution in [3.8, 4) is 11.3 Å². The van der Waals surface area contributed by atoms with E-state index >= 15 is 0 Å². The zero-order chi connectivity index (χ0) is 16.1. The summed E-state index contributed by atoms with van der Waals surface area (Å²) in [6, 6.07) is 8.23. The molecule has 22 heavy (non-hydrogen) atoms. The lowest BCUT2D eigenvalue weighted by Gasteiger charge is -2.09. The van der Waals surface area contributed by atoms with Gasteiger partial charge >= 0.3 is 5.97 Å². The maximum atomic E-state index is 11.0. The summed E-state index contributed by atoms with van der Waals surface area (Å²) in [5.41, 5.74) is 0.766. The number of hydrogen-bond donors (Lipinski definition) is 2. The number of carboxylic acid groups (broad SMARTS) is 1. The van der Waals surface area contributed by atoms with E-state index in [1.165, 1.54) is 12.1 Å². The summed E-state index contributed by atoms with van der Waals surface area (Å²) in [6.07, 6.45) is 0. The number of carbonyl (C=O) groups is 1. The van der Waals surface area contributed by atoms with Gasteiger partial charge in [-0.1, -0.05) is 11.6 Å². The quantitative estimate of drug-likeness (QED) is 0.767. The molecule has 0 aliphatic heterocycles. The Balaban J connectivity index is 2.08. The molecule has 0 atom stereocenters. The largest absolute Gasteiger partial charge is 0.478 e. The van der Waals surface area contributed by atoms with Gasteiger partial charge in [0.15, 0.2) is 0 Å². The molecule has 5 nitrogen and oxygen atoms in total. The first-order chi connectivity index (χ1) is 10.5. The van der Waals surface area contributed by atoms with Crippen LogP contribution in [0.2, 0.25) is 5.02 Å². The average molecular weight is 323 g/mol. The van der Waals surface area contributed by atoms with E-state index in [0.29, 0.717) is 22.9 Å². The van der Waals surface area contributed by atoms with E-state index in [1.54, 1.807) is 12.1 Å². The lowest BCUT2D eigenvalue weighted by atomic mass is 10.1. The van der Waals surface area contributed by atoms with Crippen LogP contribution in [0, 0.1) is 0 Å². The number of hydrogen-bond acceptors (Lipinski definition) is 4. The Bertz CT molecular complexity index is 653. The molecule has 1 aromatic heterocycles. The van der Waals surface area contributed by atoms with E-state index < -0.39 is 5.97 Å². The van der Waals surface area contributed by atoms with Crippen molar-refractivity contribution in [2.75, 3.05) is 27.2 Å². The third-order valence-corrected chi connectivity index (χ3v) is 3.51. The monoisotopic (exact) mass is 322 g/mol. The van der Waals surface area contributed by atoms with Gasteiger partial charge in [-0.05, 0) is 44.4 Å². The van der Waals surface area contributed by atoms with Gasteiger partial charge in [0.25, 0.3) is 0 Å². The number of benzene rings is 1. The topological polar surface area (TPSA) is 65.7 Å². The minimum absolute atomic E-state index is 0.182. The van der Waals surface area contributed by atoms with Gasteiger partial charge in [0.1, 0.15) is 11.5 Å². The predicted octanol–water partition coefficient (Wildman–Crippen LogP) is 2.95. The first kappa shape index (κ1) is 16.5. The Labute approximate surface area is 134 Å². The molecule has 0 aliphatic rings. The normalized spacial score (nSPS) is 11.1. The molecule has 0 bridgehead atoms. The van der Waals surface area contributed by atoms with Gasteiger partial charge in [-0.2, -0.15) is 0 Å². The van der Waals surface area contributed by atoms with Gasteiger partial charge < -0.3 is 19.7 Å². The first-order valence-electron chi connectivity index (χ1n) is 6.94. The number of halogens is 1. The molecule has 0 amide bonds. The Hall–Kier alpha value is -1.82. The van der Waals surface area contributed by atoms with Crippen LogP contribution in [-0.2, 0) is 6.54 Å². The number of rotatable bonds is 7. The van der Waals surface area contributed by atoms with Gasteiger partial charge in [-0.15, -0.1) is 0 Å². The molecule has 6 heteroatoms. The summed E-state index contributed by atoms with van der Waals surface area (Å²) in [5.74, 6) is 0.359. The summed E-state index contributed by atoms with van der Waals surface area (Å²) in [5, 5.41) is 12.8. The first-order valence-corrected chi connectivity index (χ1v) is 7.32. The molecule has 0 saturated carbocycles. The molecule has 1 aromatic carbocycles. The maximum absolute atomic E-state index is 11.0. The van der Waals surface area contributed by atoms with E-state index in [9.17, 15) is 4.79 Å². The Kier molecular flexibility index (Phi) is 5.60. The average Bonchev–Trinajstić information content (AvgIpc) is 2.92. The highest BCUT2D eigenvalue weighted by atomic mass is 35.5. The molecule has 0 fully saturated rings. The van der Waals surface area contributed by atoms with Crippen molar-refractivity contribution in [1.82, 2.24) is 10.2 Å². The van der Waals surface area contributed by atoms with E-state index in [2.05, 4.69) is 10.2 Å². The van der Waals surface area contributed by atoms with E-state index in [-0.39, 0.29) is 5.56 Å². The number of aromatic carboxylic acids is 1. The van der Waals surface area contributed by atoms with Gasteiger partial charge in [0, 0.05) is 18.7 Å². The second-order valence-electron chi connectivity index (χ2n) is 5.25. The van der Waals surface area contributed by atoms with Crippen molar-refractivity contribution in [3.05, 3.63) is 46.7 Å². The van der Waals surface area contributed by atoms with Crippen molar-refractivity contribution in [2.24, 2.45) is 0 Å². The fourth-order valence-corrected chi connectivity index (χ4v) is 2.19. The predicted molar refractivity (Wildman–Crippen MR) is 86.4 cm³/mol. The highest BCUT2D eigenvalue weighted by Crippen LogP contribution is 2.30. The zero-order valence-corrected chi connectivity index (χ0v) is 13.4. The van der Waals surface area contributed by atoms with E-state index in [0.717, 1.165) is 18.8 Å². The number of nitrogens with zero attached hydrogens (tertiary/aromatic N) is 1. The van der Waals surface area contributed by atoms with Crippen LogP contribution < -0.4 is 5.32 Å². The smallest absolute Gasteiger partial charge is 0.335 e. The summed E-state index contributed by atoms with van der Waals surface area (Å²) >= 11 is 6.13. The van der Waals surface area contributed by atoms with Crippen LogP contribution in [0.25, 0.3) is 11.3 Å². The third-order valence-electron chi connectivity index (χ3n) is 3.18. The second-order valence-corrected chi connectivity index (χ2v) is 5.65. The highest BCUT2D eigenvalue weighted by Gasteiger charge is 2.12. The molecule has 0 saturated heterocycles. The molecule has 0 spiro atoms. The second kappa shape index (κ2) is 7.45. The third kappa shape index (κ3) is 4.34. The minimum atomic E-state index is -0.991. The van der Waals surface area contributed by atoms with Gasteiger partial charge in [-0.3, -0.25) is 0 Å². The minimum Gasteiger partial charge on any atom is -0.478 e. The summed E-state index contributed by atoms with van der Waals surface area (Å²) < 4.78 is 5.74. The van der Waals surface area contributed by atoms with Gasteiger partial charge in [-0.25, -0.2) is 4.79 Å². The number of nitrogens with one attached hydrogen (secondary N) is 1. The molecular formula is C16H19ClN2O3. The molecule has 118 valence electrons. The molecule has 0 radical (unpaired) electrons. The van der Waals surface area contributed by atoms with Crippen LogP contribution >= 0.6 is 11.6 Å². The molecule has 0 aliphatic carbocycles. The Morgan fingerprint density at radius 1 is 1.32 bits per heavy atom. The number of likely N-dealkylation sites (N-methyl/N-ethyl adjacent to an activating group) is 1. The fourth-order valence-electron chi connectivity index (χ4n) is 1.98. The van der Waals surface area contributed by atoms with Crippen molar-refractivity contribution >= 4 is 17.6 Å². The van der Waals surface area contributed by atoms with Crippen molar-refractivity contribution in [3.63, 3.8) is 0 Å². The summed E-state index contributed by atoms with van der Waals surface area (Å²) in [4.78, 5) is 13.1. The zero-order valence-electron chi connectivity index (χ0n) is 12.6. The van der Waals surface area contributed by atoms with Crippen LogP contribution in [0.4, 0.5) is 0 Å². The van der Waals surface area contributed by atoms with E-state index in [1.807, 2.05) is 20.2 Å². The van der Waals surface area contributed by atoms with Crippen molar-refractivity contribution < 1.29 is 14.3 Å². The molecule has 2 rings (SSSR count). The van der Waals surface area contributed by atoms with Gasteiger partial charge in [0.2, 0.25) is 0 Å². The van der Waals surface area contributed by atoms with Crippen molar-refractivity contribution in [1.29, 1.82) is 0 Å². The van der Waals surface area contributed by atoms with Crippen LogP contribution in [0.5, 0.6) is 0 Å². The van der Waals surface area contributed by atoms with Crippen LogP contribution in [-0.4, -0.2) is 43.2 Å². The molecule has 2 aromatic rings. The number of furan rings is 1. The molecule has 0 unspecified atom stereocenters. The lowest BCUT2D eigenvalue weighted by molar-refractivity contribution is 0.0697. The fraction of sp³-hybridized carbons (Fsp3) is 0.312. The van der Waals surface area contributed by atoms with E-state index in [4.69, 9.17) is 21.1 Å². The maximum Gasteiger partial charge on any atom is 0.335 e. The Morgan fingerprint density at radius 2 is 2.09 bits per heavy atom. The highest BCUT2D eigenvalue weighted by molar-refractivity contribution is 6.33. The SMILES string of the molecule is CN(C)CCNCc1ccc(-c2cc(C(=O)O)ccc2Cl)o1. The number of carboxylic acids is 1. The lowest BCUT2D eigenvalue weighted by Crippen LogP contribution is -2.25. The Morgan fingerprint density at radius 3 is 2.77 bits per heavy atom. The van der Waals surface area contributed by atoms with Crippen LogP contribution in [0.3, 0.4) is 0 Å². The molecule has 1 heterocycles.